The van der Waals surface area contributed by atoms with Gasteiger partial charge in [0.15, 0.2) is 0 Å². The van der Waals surface area contributed by atoms with E-state index in [4.69, 9.17) is 0 Å². The molecule has 0 bridgehead atoms. The summed E-state index contributed by atoms with van der Waals surface area (Å²) in [4.78, 5) is 16.3. The lowest BCUT2D eigenvalue weighted by molar-refractivity contribution is 0.0975. The van der Waals surface area contributed by atoms with Crippen LogP contribution >= 0.6 is 0 Å². The lowest BCUT2D eigenvalue weighted by atomic mass is 9.93. The normalized spacial score (nSPS) is 14.3. The zero-order valence-electron chi connectivity index (χ0n) is 22.4. The first-order valence-electron chi connectivity index (χ1n) is 13.8. The highest BCUT2D eigenvalue weighted by molar-refractivity contribution is 6.13. The van der Waals surface area contributed by atoms with Gasteiger partial charge >= 0.3 is 0 Å². The maximum Gasteiger partial charge on any atom is 0.262 e. The molecule has 0 saturated heterocycles. The molecule has 0 spiro atoms. The van der Waals surface area contributed by atoms with Crippen molar-refractivity contribution in [3.05, 3.63) is 169 Å². The fourth-order valence-electron chi connectivity index (χ4n) is 5.61. The summed E-state index contributed by atoms with van der Waals surface area (Å²) < 4.78 is 0. The zero-order chi connectivity index (χ0) is 27.6. The van der Waals surface area contributed by atoms with Crippen molar-refractivity contribution in [2.45, 2.75) is 6.17 Å². The number of amides is 1. The topological polar surface area (TPSA) is 32.3 Å². The average Bonchev–Trinajstić information content (AvgIpc) is 3.06. The summed E-state index contributed by atoms with van der Waals surface area (Å²) in [5, 5.41) is 3.73. The van der Waals surface area contributed by atoms with Crippen molar-refractivity contribution in [2.75, 3.05) is 10.2 Å². The monoisotopic (exact) mass is 528 g/mol. The van der Waals surface area contributed by atoms with Crippen LogP contribution in [0.5, 0.6) is 0 Å². The Bertz CT molecular complexity index is 1760. The molecule has 1 atom stereocenters. The van der Waals surface area contributed by atoms with Crippen LogP contribution in [0.25, 0.3) is 33.4 Å². The van der Waals surface area contributed by atoms with Gasteiger partial charge in [-0.1, -0.05) is 115 Å². The molecule has 1 aliphatic rings. The summed E-state index contributed by atoms with van der Waals surface area (Å²) in [6.45, 7) is 0. The van der Waals surface area contributed by atoms with E-state index in [0.717, 1.165) is 50.3 Å². The smallest absolute Gasteiger partial charge is 0.262 e. The Morgan fingerprint density at radius 3 is 1.49 bits per heavy atom. The molecule has 6 aromatic carbocycles. The standard InChI is InChI=1S/C38H28N2O/c41-38-35-26-30(27-13-5-1-6-14-27)21-22-36(35)39-37(40(38)34-19-11-4-12-20-34)33-24-31(28-15-7-2-8-16-28)23-32(25-33)29-17-9-3-10-18-29/h1-26,37,39H. The SMILES string of the molecule is O=C1c2cc(-c3ccccc3)ccc2NC(c2cc(-c3ccccc3)cc(-c3ccccc3)c2)N1c1ccccc1. The third kappa shape index (κ3) is 4.79. The molecule has 1 N–H and O–H groups in total. The minimum atomic E-state index is -0.397. The molecule has 41 heavy (non-hydrogen) atoms. The first-order chi connectivity index (χ1) is 20.2. The number of hydrogen-bond acceptors (Lipinski definition) is 2. The highest BCUT2D eigenvalue weighted by atomic mass is 16.2. The van der Waals surface area contributed by atoms with Gasteiger partial charge in [-0.2, -0.15) is 0 Å². The van der Waals surface area contributed by atoms with Crippen molar-refractivity contribution in [2.24, 2.45) is 0 Å². The summed E-state index contributed by atoms with van der Waals surface area (Å²) >= 11 is 0. The molecule has 1 heterocycles. The number of fused-ring (bicyclic) bond motifs is 1. The number of carbonyl (C=O) groups excluding carboxylic acids is 1. The van der Waals surface area contributed by atoms with Crippen LogP contribution in [0.1, 0.15) is 22.1 Å². The number of benzene rings is 6. The van der Waals surface area contributed by atoms with E-state index in [0.29, 0.717) is 5.56 Å². The Balaban J connectivity index is 1.40. The fourth-order valence-corrected chi connectivity index (χ4v) is 5.61. The summed E-state index contributed by atoms with van der Waals surface area (Å²) in [5.74, 6) is -0.0286. The van der Waals surface area contributed by atoms with Crippen LogP contribution < -0.4 is 10.2 Å². The number of carbonyl (C=O) groups is 1. The average molecular weight is 529 g/mol. The van der Waals surface area contributed by atoms with Crippen molar-refractivity contribution < 1.29 is 4.79 Å². The number of nitrogens with zero attached hydrogens (tertiary/aromatic N) is 1. The summed E-state index contributed by atoms with van der Waals surface area (Å²) in [6.07, 6.45) is -0.397. The fraction of sp³-hybridized carbons (Fsp3) is 0.0263. The van der Waals surface area contributed by atoms with Crippen LogP contribution in [0.4, 0.5) is 11.4 Å². The zero-order valence-corrected chi connectivity index (χ0v) is 22.4. The molecule has 3 nitrogen and oxygen atoms in total. The lowest BCUT2D eigenvalue weighted by Crippen LogP contribution is -2.43. The molecule has 1 amide bonds. The molecule has 0 aliphatic carbocycles. The van der Waals surface area contributed by atoms with E-state index in [1.165, 1.54) is 0 Å². The number of hydrogen-bond donors (Lipinski definition) is 1. The predicted octanol–water partition coefficient (Wildman–Crippen LogP) is 9.46. The van der Waals surface area contributed by atoms with Gasteiger partial charge in [0.1, 0.15) is 6.17 Å². The van der Waals surface area contributed by atoms with E-state index in [-0.39, 0.29) is 5.91 Å². The van der Waals surface area contributed by atoms with Crippen molar-refractivity contribution in [3.63, 3.8) is 0 Å². The van der Waals surface area contributed by atoms with Gasteiger partial charge in [0.2, 0.25) is 0 Å². The van der Waals surface area contributed by atoms with E-state index >= 15 is 0 Å². The maximum absolute atomic E-state index is 14.4. The third-order valence-electron chi connectivity index (χ3n) is 7.65. The first-order valence-corrected chi connectivity index (χ1v) is 13.8. The molecule has 6 aromatic rings. The number of anilines is 2. The van der Waals surface area contributed by atoms with Crippen molar-refractivity contribution in [3.8, 4) is 33.4 Å². The lowest BCUT2D eigenvalue weighted by Gasteiger charge is -2.38. The molecule has 1 aliphatic heterocycles. The van der Waals surface area contributed by atoms with Gasteiger partial charge in [-0.25, -0.2) is 0 Å². The van der Waals surface area contributed by atoms with E-state index in [1.54, 1.807) is 0 Å². The van der Waals surface area contributed by atoms with Gasteiger partial charge in [0.25, 0.3) is 5.91 Å². The van der Waals surface area contributed by atoms with E-state index in [9.17, 15) is 4.79 Å². The van der Waals surface area contributed by atoms with Crippen LogP contribution in [-0.4, -0.2) is 5.91 Å². The Morgan fingerprint density at radius 1 is 0.463 bits per heavy atom. The van der Waals surface area contributed by atoms with Crippen LogP contribution in [0.15, 0.2) is 158 Å². The van der Waals surface area contributed by atoms with Gasteiger partial charge in [-0.05, 0) is 81.4 Å². The largest absolute Gasteiger partial charge is 0.360 e. The summed E-state index contributed by atoms with van der Waals surface area (Å²) in [7, 11) is 0. The maximum atomic E-state index is 14.4. The molecular weight excluding hydrogens is 500 g/mol. The van der Waals surface area contributed by atoms with Crippen LogP contribution in [-0.2, 0) is 0 Å². The Hall–Kier alpha value is -5.41. The molecule has 0 radical (unpaired) electrons. The highest BCUT2D eigenvalue weighted by Crippen LogP contribution is 2.40. The van der Waals surface area contributed by atoms with Gasteiger partial charge in [0, 0.05) is 11.4 Å². The summed E-state index contributed by atoms with van der Waals surface area (Å²) in [5.41, 5.74) is 9.93. The van der Waals surface area contributed by atoms with Crippen LogP contribution in [0, 0.1) is 0 Å². The molecule has 0 aromatic heterocycles. The van der Waals surface area contributed by atoms with E-state index in [2.05, 4.69) is 90.2 Å². The van der Waals surface area contributed by atoms with Gasteiger partial charge in [-0.15, -0.1) is 0 Å². The molecule has 0 saturated carbocycles. The molecule has 1 unspecified atom stereocenters. The first kappa shape index (κ1) is 24.6. The van der Waals surface area contributed by atoms with Crippen LogP contribution in [0.3, 0.4) is 0 Å². The Labute approximate surface area is 240 Å². The Kier molecular flexibility index (Phi) is 6.38. The second kappa shape index (κ2) is 10.6. The van der Waals surface area contributed by atoms with Crippen molar-refractivity contribution in [1.82, 2.24) is 0 Å². The molecule has 196 valence electrons. The third-order valence-corrected chi connectivity index (χ3v) is 7.65. The minimum absolute atomic E-state index is 0.0286. The highest BCUT2D eigenvalue weighted by Gasteiger charge is 2.35. The van der Waals surface area contributed by atoms with Gasteiger partial charge < -0.3 is 5.32 Å². The molecule has 3 heteroatoms. The van der Waals surface area contributed by atoms with Gasteiger partial charge in [0.05, 0.1) is 5.56 Å². The second-order valence-corrected chi connectivity index (χ2v) is 10.3. The predicted molar refractivity (Wildman–Crippen MR) is 169 cm³/mol. The van der Waals surface area contributed by atoms with Crippen LogP contribution in [0.2, 0.25) is 0 Å². The minimum Gasteiger partial charge on any atom is -0.360 e. The summed E-state index contributed by atoms with van der Waals surface area (Å²) in [6, 6.07) is 53.7. The number of nitrogens with one attached hydrogen (secondary N) is 1. The molecule has 0 fully saturated rings. The molecular formula is C38H28N2O. The van der Waals surface area contributed by atoms with Crippen molar-refractivity contribution in [1.29, 1.82) is 0 Å². The Morgan fingerprint density at radius 2 is 0.951 bits per heavy atom. The number of rotatable bonds is 5. The van der Waals surface area contributed by atoms with Gasteiger partial charge in [-0.3, -0.25) is 9.69 Å². The quantitative estimate of drug-likeness (QED) is 0.242. The van der Waals surface area contributed by atoms with E-state index < -0.39 is 6.17 Å². The van der Waals surface area contributed by atoms with Crippen molar-refractivity contribution >= 4 is 17.3 Å². The van der Waals surface area contributed by atoms with E-state index in [1.807, 2.05) is 77.7 Å². The number of para-hydroxylation sites is 1. The molecule has 7 rings (SSSR count). The second-order valence-electron chi connectivity index (χ2n) is 10.3.